The van der Waals surface area contributed by atoms with E-state index >= 15 is 0 Å². The van der Waals surface area contributed by atoms with Gasteiger partial charge in [-0.3, -0.25) is 4.79 Å². The van der Waals surface area contributed by atoms with Gasteiger partial charge in [-0.25, -0.2) is 0 Å². The minimum atomic E-state index is 0.0946. The number of rotatable bonds is 8. The van der Waals surface area contributed by atoms with Gasteiger partial charge in [0, 0.05) is 31.7 Å². The largest absolute Gasteiger partial charge is 0.340 e. The van der Waals surface area contributed by atoms with Crippen LogP contribution in [0.15, 0.2) is 54.6 Å². The van der Waals surface area contributed by atoms with E-state index in [1.165, 1.54) is 11.1 Å². The lowest BCUT2D eigenvalue weighted by Crippen LogP contribution is -2.48. The van der Waals surface area contributed by atoms with Crippen molar-refractivity contribution in [1.29, 1.82) is 0 Å². The van der Waals surface area contributed by atoms with E-state index < -0.39 is 0 Å². The number of piperidine rings is 1. The molecule has 4 nitrogen and oxygen atoms in total. The van der Waals surface area contributed by atoms with E-state index in [0.29, 0.717) is 12.5 Å². The van der Waals surface area contributed by atoms with Crippen molar-refractivity contribution in [3.05, 3.63) is 71.3 Å². The highest BCUT2D eigenvalue weighted by Gasteiger charge is 2.27. The number of hydrogen-bond acceptors (Lipinski definition) is 3. The van der Waals surface area contributed by atoms with Crippen molar-refractivity contribution in [2.45, 2.75) is 51.6 Å². The molecule has 1 aliphatic rings. The molecule has 156 valence electrons. The fraction of sp³-hybridized carbons (Fsp3) is 0.480. The van der Waals surface area contributed by atoms with Gasteiger partial charge in [0.15, 0.2) is 0 Å². The number of amides is 1. The lowest BCUT2D eigenvalue weighted by Gasteiger charge is -2.38. The molecule has 0 spiro atoms. The first-order valence-electron chi connectivity index (χ1n) is 10.9. The second-order valence-corrected chi connectivity index (χ2v) is 8.22. The summed E-state index contributed by atoms with van der Waals surface area (Å²) in [7, 11) is 0. The maximum absolute atomic E-state index is 12.9. The van der Waals surface area contributed by atoms with E-state index in [1.54, 1.807) is 0 Å². The van der Waals surface area contributed by atoms with Crippen molar-refractivity contribution in [1.82, 2.24) is 9.80 Å². The summed E-state index contributed by atoms with van der Waals surface area (Å²) in [5.41, 5.74) is 9.89. The van der Waals surface area contributed by atoms with Crippen molar-refractivity contribution in [2.75, 3.05) is 26.2 Å². The monoisotopic (exact) mass is 393 g/mol. The Morgan fingerprint density at radius 3 is 2.38 bits per heavy atom. The highest BCUT2D eigenvalue weighted by molar-refractivity contribution is 5.79. The first kappa shape index (κ1) is 21.5. The van der Waals surface area contributed by atoms with Gasteiger partial charge < -0.3 is 15.5 Å². The van der Waals surface area contributed by atoms with Gasteiger partial charge in [-0.1, -0.05) is 60.2 Å². The van der Waals surface area contributed by atoms with E-state index in [-0.39, 0.29) is 11.9 Å². The van der Waals surface area contributed by atoms with Crippen LogP contribution >= 0.6 is 0 Å². The van der Waals surface area contributed by atoms with Crippen molar-refractivity contribution in [3.63, 3.8) is 0 Å². The van der Waals surface area contributed by atoms with Crippen LogP contribution in [-0.4, -0.2) is 47.9 Å². The molecule has 1 amide bonds. The highest BCUT2D eigenvalue weighted by atomic mass is 16.2. The SMILES string of the molecule is CCN(C(=O)Cc1ccc(C)cc1)C1CCN(CCC(N)c2ccccc2)CC1. The molecule has 0 radical (unpaired) electrons. The summed E-state index contributed by atoms with van der Waals surface area (Å²) in [6.45, 7) is 8.06. The van der Waals surface area contributed by atoms with Crippen LogP contribution in [0.3, 0.4) is 0 Å². The first-order valence-corrected chi connectivity index (χ1v) is 10.9. The van der Waals surface area contributed by atoms with Crippen LogP contribution in [0, 0.1) is 6.92 Å². The lowest BCUT2D eigenvalue weighted by molar-refractivity contribution is -0.133. The number of hydrogen-bond donors (Lipinski definition) is 1. The normalized spacial score (nSPS) is 16.5. The third-order valence-corrected chi connectivity index (χ3v) is 6.12. The third kappa shape index (κ3) is 6.15. The zero-order chi connectivity index (χ0) is 20.6. The maximum Gasteiger partial charge on any atom is 0.227 e. The molecule has 2 aromatic rings. The predicted molar refractivity (Wildman–Crippen MR) is 120 cm³/mol. The van der Waals surface area contributed by atoms with Gasteiger partial charge in [0.05, 0.1) is 6.42 Å². The molecule has 0 aromatic heterocycles. The van der Waals surface area contributed by atoms with Gasteiger partial charge in [-0.05, 0) is 50.8 Å². The molecule has 1 aliphatic heterocycles. The number of carbonyl (C=O) groups is 1. The lowest BCUT2D eigenvalue weighted by atomic mass is 10.00. The van der Waals surface area contributed by atoms with E-state index in [0.717, 1.165) is 51.0 Å². The molecule has 4 heteroatoms. The minimum absolute atomic E-state index is 0.0946. The zero-order valence-electron chi connectivity index (χ0n) is 17.9. The number of likely N-dealkylation sites (N-methyl/N-ethyl adjacent to an activating group) is 1. The molecule has 0 saturated carbocycles. The van der Waals surface area contributed by atoms with Crippen molar-refractivity contribution in [2.24, 2.45) is 5.73 Å². The van der Waals surface area contributed by atoms with Gasteiger partial charge >= 0.3 is 0 Å². The molecule has 1 atom stereocenters. The van der Waals surface area contributed by atoms with Gasteiger partial charge in [0.25, 0.3) is 0 Å². The Morgan fingerprint density at radius 2 is 1.76 bits per heavy atom. The number of aryl methyl sites for hydroxylation is 1. The Kier molecular flexibility index (Phi) is 7.84. The summed E-state index contributed by atoms with van der Waals surface area (Å²) in [4.78, 5) is 17.5. The van der Waals surface area contributed by atoms with Crippen LogP contribution in [0.1, 0.15) is 48.9 Å². The second-order valence-electron chi connectivity index (χ2n) is 8.22. The first-order chi connectivity index (χ1) is 14.1. The molecule has 1 heterocycles. The molecular weight excluding hydrogens is 358 g/mol. The summed E-state index contributed by atoms with van der Waals surface area (Å²) in [6.07, 6.45) is 3.57. The van der Waals surface area contributed by atoms with Crippen LogP contribution in [0.5, 0.6) is 0 Å². The Morgan fingerprint density at radius 1 is 1.10 bits per heavy atom. The molecule has 1 unspecified atom stereocenters. The number of nitrogens with two attached hydrogens (primary N) is 1. The fourth-order valence-electron chi connectivity index (χ4n) is 4.26. The maximum atomic E-state index is 12.9. The quantitative estimate of drug-likeness (QED) is 0.739. The summed E-state index contributed by atoms with van der Waals surface area (Å²) in [5, 5.41) is 0. The predicted octanol–water partition coefficient (Wildman–Crippen LogP) is 3.94. The third-order valence-electron chi connectivity index (χ3n) is 6.12. The van der Waals surface area contributed by atoms with E-state index in [9.17, 15) is 4.79 Å². The summed E-state index contributed by atoms with van der Waals surface area (Å²) in [6, 6.07) is 19.1. The molecule has 1 fully saturated rings. The van der Waals surface area contributed by atoms with E-state index in [4.69, 9.17) is 5.73 Å². The van der Waals surface area contributed by atoms with Gasteiger partial charge in [-0.15, -0.1) is 0 Å². The summed E-state index contributed by atoms with van der Waals surface area (Å²) in [5.74, 6) is 0.251. The van der Waals surface area contributed by atoms with Gasteiger partial charge in [0.2, 0.25) is 5.91 Å². The van der Waals surface area contributed by atoms with E-state index in [2.05, 4.69) is 60.0 Å². The number of benzene rings is 2. The minimum Gasteiger partial charge on any atom is -0.340 e. The second kappa shape index (κ2) is 10.6. The van der Waals surface area contributed by atoms with Crippen molar-refractivity contribution in [3.8, 4) is 0 Å². The molecule has 29 heavy (non-hydrogen) atoms. The van der Waals surface area contributed by atoms with Crippen molar-refractivity contribution >= 4 is 5.91 Å². The molecule has 1 saturated heterocycles. The standard InChI is InChI=1S/C25H35N3O/c1-3-28(25(29)19-21-11-9-20(2)10-12-21)23-13-16-27(17-14-23)18-15-24(26)22-7-5-4-6-8-22/h4-12,23-24H,3,13-19,26H2,1-2H3. The molecule has 2 N–H and O–H groups in total. The van der Waals surface area contributed by atoms with Crippen LogP contribution in [0.25, 0.3) is 0 Å². The number of likely N-dealkylation sites (tertiary alicyclic amines) is 1. The number of nitrogens with zero attached hydrogens (tertiary/aromatic N) is 2. The van der Waals surface area contributed by atoms with Gasteiger partial charge in [0.1, 0.15) is 0 Å². The van der Waals surface area contributed by atoms with Crippen LogP contribution in [0.4, 0.5) is 0 Å². The Labute approximate surface area is 175 Å². The van der Waals surface area contributed by atoms with Crippen molar-refractivity contribution < 1.29 is 4.79 Å². The molecular formula is C25H35N3O. The molecule has 0 bridgehead atoms. The Balaban J connectivity index is 1.45. The molecule has 2 aromatic carbocycles. The highest BCUT2D eigenvalue weighted by Crippen LogP contribution is 2.20. The topological polar surface area (TPSA) is 49.6 Å². The average Bonchev–Trinajstić information content (AvgIpc) is 2.75. The van der Waals surface area contributed by atoms with Crippen LogP contribution < -0.4 is 5.73 Å². The smallest absolute Gasteiger partial charge is 0.227 e. The average molecular weight is 394 g/mol. The van der Waals surface area contributed by atoms with Crippen LogP contribution in [0.2, 0.25) is 0 Å². The fourth-order valence-corrected chi connectivity index (χ4v) is 4.26. The summed E-state index contributed by atoms with van der Waals surface area (Å²) < 4.78 is 0. The Hall–Kier alpha value is -2.17. The summed E-state index contributed by atoms with van der Waals surface area (Å²) >= 11 is 0. The molecule has 3 rings (SSSR count). The van der Waals surface area contributed by atoms with Gasteiger partial charge in [-0.2, -0.15) is 0 Å². The zero-order valence-corrected chi connectivity index (χ0v) is 17.9. The van der Waals surface area contributed by atoms with Crippen LogP contribution in [-0.2, 0) is 11.2 Å². The number of carbonyl (C=O) groups excluding carboxylic acids is 1. The van der Waals surface area contributed by atoms with E-state index in [1.807, 2.05) is 18.2 Å². The molecule has 0 aliphatic carbocycles. The Bertz CT molecular complexity index is 751.